The maximum atomic E-state index is 13.6. The Hall–Kier alpha value is -4.14. The molecule has 1 heterocycles. The Labute approximate surface area is 202 Å². The van der Waals surface area contributed by atoms with Gasteiger partial charge in [-0.1, -0.05) is 30.3 Å². The predicted molar refractivity (Wildman–Crippen MR) is 127 cm³/mol. The molecule has 2 aromatic rings. The van der Waals surface area contributed by atoms with Crippen LogP contribution in [0, 0.1) is 10.1 Å². The zero-order chi connectivity index (χ0) is 25.3. The SMILES string of the molecule is COC(=O)C1=C(C)NC2=C(C(=O)C[C@@H](c3ccccc3)C2)[C@@H]1c1cc(OC)c(OC)cc1[N+](=O)[O-]. The van der Waals surface area contributed by atoms with Gasteiger partial charge in [0.2, 0.25) is 0 Å². The van der Waals surface area contributed by atoms with E-state index < -0.39 is 16.8 Å². The van der Waals surface area contributed by atoms with Gasteiger partial charge < -0.3 is 19.5 Å². The number of carbonyl (C=O) groups excluding carboxylic acids is 2. The number of rotatable bonds is 6. The van der Waals surface area contributed by atoms with Crippen molar-refractivity contribution in [1.82, 2.24) is 5.32 Å². The van der Waals surface area contributed by atoms with Crippen molar-refractivity contribution in [2.75, 3.05) is 21.3 Å². The lowest BCUT2D eigenvalue weighted by Crippen LogP contribution is -2.36. The van der Waals surface area contributed by atoms with Gasteiger partial charge >= 0.3 is 5.97 Å². The molecule has 1 aliphatic heterocycles. The molecular weight excluding hydrogens is 452 g/mol. The maximum absolute atomic E-state index is 13.6. The number of nitro benzene ring substituents is 1. The number of hydrogen-bond acceptors (Lipinski definition) is 8. The lowest BCUT2D eigenvalue weighted by atomic mass is 9.71. The predicted octanol–water partition coefficient (Wildman–Crippen LogP) is 4.15. The third kappa shape index (κ3) is 4.25. The summed E-state index contributed by atoms with van der Waals surface area (Å²) in [5, 5.41) is 15.3. The molecule has 2 aromatic carbocycles. The third-order valence-corrected chi connectivity index (χ3v) is 6.54. The van der Waals surface area contributed by atoms with E-state index in [1.807, 2.05) is 30.3 Å². The highest BCUT2D eigenvalue weighted by molar-refractivity contribution is 6.04. The van der Waals surface area contributed by atoms with E-state index in [0.717, 1.165) is 5.56 Å². The Morgan fingerprint density at radius 1 is 1.06 bits per heavy atom. The molecule has 35 heavy (non-hydrogen) atoms. The summed E-state index contributed by atoms with van der Waals surface area (Å²) in [5.41, 5.74) is 2.51. The molecule has 1 N–H and O–H groups in total. The molecule has 9 heteroatoms. The highest BCUT2D eigenvalue weighted by atomic mass is 16.6. The molecular formula is C26H26N2O7. The molecule has 2 atom stereocenters. The highest BCUT2D eigenvalue weighted by Crippen LogP contribution is 2.49. The Morgan fingerprint density at radius 2 is 1.71 bits per heavy atom. The molecule has 1 aliphatic carbocycles. The van der Waals surface area contributed by atoms with Gasteiger partial charge in [-0.3, -0.25) is 14.9 Å². The van der Waals surface area contributed by atoms with Crippen LogP contribution in [0.5, 0.6) is 11.5 Å². The Balaban J connectivity index is 1.94. The number of ether oxygens (including phenoxy) is 3. The summed E-state index contributed by atoms with van der Waals surface area (Å²) >= 11 is 0. The third-order valence-electron chi connectivity index (χ3n) is 6.54. The number of carbonyl (C=O) groups is 2. The van der Waals surface area contributed by atoms with Crippen molar-refractivity contribution in [1.29, 1.82) is 0 Å². The second kappa shape index (κ2) is 9.61. The number of ketones is 1. The largest absolute Gasteiger partial charge is 0.493 e. The summed E-state index contributed by atoms with van der Waals surface area (Å²) in [4.78, 5) is 38.1. The van der Waals surface area contributed by atoms with E-state index in [4.69, 9.17) is 14.2 Å². The molecule has 0 bridgehead atoms. The molecule has 182 valence electrons. The molecule has 0 unspecified atom stereocenters. The average molecular weight is 479 g/mol. The summed E-state index contributed by atoms with van der Waals surface area (Å²) in [6.07, 6.45) is 0.740. The maximum Gasteiger partial charge on any atom is 0.336 e. The smallest absolute Gasteiger partial charge is 0.336 e. The topological polar surface area (TPSA) is 117 Å². The Kier molecular flexibility index (Phi) is 6.59. The van der Waals surface area contributed by atoms with Crippen molar-refractivity contribution in [3.63, 3.8) is 0 Å². The monoisotopic (exact) mass is 478 g/mol. The first kappa shape index (κ1) is 24.0. The minimum absolute atomic E-state index is 0.0523. The fourth-order valence-corrected chi connectivity index (χ4v) is 4.96. The van der Waals surface area contributed by atoms with Gasteiger partial charge in [-0.2, -0.15) is 0 Å². The van der Waals surface area contributed by atoms with E-state index >= 15 is 0 Å². The minimum atomic E-state index is -0.997. The number of Topliss-reactive ketones (excluding diaryl/α,β-unsaturated/α-hetero) is 1. The average Bonchev–Trinajstić information content (AvgIpc) is 2.86. The molecule has 0 fully saturated rings. The van der Waals surface area contributed by atoms with Gasteiger partial charge in [0.25, 0.3) is 5.69 Å². The van der Waals surface area contributed by atoms with E-state index in [1.54, 1.807) is 6.92 Å². The van der Waals surface area contributed by atoms with Crippen LogP contribution < -0.4 is 14.8 Å². The van der Waals surface area contributed by atoms with Gasteiger partial charge in [0.1, 0.15) is 0 Å². The van der Waals surface area contributed by atoms with Gasteiger partial charge in [0.05, 0.1) is 43.8 Å². The van der Waals surface area contributed by atoms with Gasteiger partial charge in [-0.15, -0.1) is 0 Å². The summed E-state index contributed by atoms with van der Waals surface area (Å²) in [5.74, 6) is -1.48. The van der Waals surface area contributed by atoms with Crippen molar-refractivity contribution >= 4 is 17.4 Å². The molecule has 4 rings (SSSR count). The van der Waals surface area contributed by atoms with Crippen molar-refractivity contribution in [2.45, 2.75) is 31.6 Å². The van der Waals surface area contributed by atoms with Crippen molar-refractivity contribution in [3.05, 3.63) is 86.2 Å². The summed E-state index contributed by atoms with van der Waals surface area (Å²) < 4.78 is 15.7. The molecule has 9 nitrogen and oxygen atoms in total. The molecule has 0 amide bonds. The van der Waals surface area contributed by atoms with Gasteiger partial charge in [0, 0.05) is 29.0 Å². The Morgan fingerprint density at radius 3 is 2.31 bits per heavy atom. The fourth-order valence-electron chi connectivity index (χ4n) is 4.96. The van der Waals surface area contributed by atoms with E-state index in [9.17, 15) is 19.7 Å². The number of nitrogens with zero attached hydrogens (tertiary/aromatic N) is 1. The van der Waals surface area contributed by atoms with Crippen molar-refractivity contribution < 1.29 is 28.7 Å². The normalized spacial score (nSPS) is 19.6. The van der Waals surface area contributed by atoms with E-state index in [-0.39, 0.29) is 46.4 Å². The van der Waals surface area contributed by atoms with Crippen LogP contribution in [0.1, 0.15) is 42.7 Å². The van der Waals surface area contributed by atoms with Crippen LogP contribution in [-0.4, -0.2) is 38.0 Å². The summed E-state index contributed by atoms with van der Waals surface area (Å²) in [7, 11) is 4.03. The van der Waals surface area contributed by atoms with Crippen LogP contribution in [0.2, 0.25) is 0 Å². The first-order valence-electron chi connectivity index (χ1n) is 11.1. The molecule has 0 saturated heterocycles. The number of allylic oxidation sites excluding steroid dienone is 3. The molecule has 0 radical (unpaired) electrons. The van der Waals surface area contributed by atoms with E-state index in [2.05, 4.69) is 5.32 Å². The lowest BCUT2D eigenvalue weighted by Gasteiger charge is -2.36. The quantitative estimate of drug-likeness (QED) is 0.374. The summed E-state index contributed by atoms with van der Waals surface area (Å²) in [6, 6.07) is 12.4. The van der Waals surface area contributed by atoms with Crippen molar-refractivity contribution in [2.24, 2.45) is 0 Å². The molecule has 2 aliphatic rings. The number of hydrogen-bond donors (Lipinski definition) is 1. The number of esters is 1. The van der Waals surface area contributed by atoms with Gasteiger partial charge in [-0.25, -0.2) is 4.79 Å². The number of nitrogens with one attached hydrogen (secondary N) is 1. The standard InChI is InChI=1S/C26H26N2O7/c1-14-23(26(30)35-4)24(17-12-21(33-2)22(34-3)13-19(17)28(31)32)25-18(27-14)10-16(11-20(25)29)15-8-6-5-7-9-15/h5-9,12-13,16,24,27H,10-11H2,1-4H3/t16-,24+/m0/s1. The second-order valence-electron chi connectivity index (χ2n) is 8.44. The fraction of sp³-hybridized carbons (Fsp3) is 0.308. The number of dihydropyridines is 1. The van der Waals surface area contributed by atoms with E-state index in [1.165, 1.54) is 33.5 Å². The van der Waals surface area contributed by atoms with Gasteiger partial charge in [-0.05, 0) is 30.9 Å². The second-order valence-corrected chi connectivity index (χ2v) is 8.44. The van der Waals surface area contributed by atoms with Crippen LogP contribution in [0.25, 0.3) is 0 Å². The van der Waals surface area contributed by atoms with Gasteiger partial charge in [0.15, 0.2) is 17.3 Å². The van der Waals surface area contributed by atoms with Crippen molar-refractivity contribution in [3.8, 4) is 11.5 Å². The van der Waals surface area contributed by atoms with Crippen LogP contribution in [0.15, 0.2) is 65.0 Å². The summed E-state index contributed by atoms with van der Waals surface area (Å²) in [6.45, 7) is 1.70. The zero-order valence-corrected chi connectivity index (χ0v) is 19.9. The van der Waals surface area contributed by atoms with Crippen LogP contribution in [-0.2, 0) is 14.3 Å². The lowest BCUT2D eigenvalue weighted by molar-refractivity contribution is -0.385. The van der Waals surface area contributed by atoms with Crippen LogP contribution >= 0.6 is 0 Å². The number of benzene rings is 2. The first-order chi connectivity index (χ1) is 16.8. The first-order valence-corrected chi connectivity index (χ1v) is 11.1. The zero-order valence-electron chi connectivity index (χ0n) is 19.9. The highest BCUT2D eigenvalue weighted by Gasteiger charge is 2.44. The molecule has 0 aromatic heterocycles. The number of nitro groups is 1. The Bertz CT molecular complexity index is 1260. The van der Waals surface area contributed by atoms with Crippen LogP contribution in [0.3, 0.4) is 0 Å². The molecule has 0 saturated carbocycles. The minimum Gasteiger partial charge on any atom is -0.493 e. The number of methoxy groups -OCH3 is 3. The van der Waals surface area contributed by atoms with E-state index in [0.29, 0.717) is 23.4 Å². The molecule has 0 spiro atoms. The van der Waals surface area contributed by atoms with Crippen LogP contribution in [0.4, 0.5) is 5.69 Å².